The second kappa shape index (κ2) is 4.37. The first-order chi connectivity index (χ1) is 8.06. The first kappa shape index (κ1) is 11.3. The normalized spacial score (nSPS) is 10.2. The molecule has 2 rings (SSSR count). The zero-order chi connectivity index (χ0) is 12.4. The van der Waals surface area contributed by atoms with E-state index in [0.29, 0.717) is 0 Å². The van der Waals surface area contributed by atoms with E-state index in [1.165, 1.54) is 6.20 Å². The maximum Gasteiger partial charge on any atom is 0.337 e. The van der Waals surface area contributed by atoms with Gasteiger partial charge in [-0.15, -0.1) is 0 Å². The lowest BCUT2D eigenvalue weighted by atomic mass is 10.0. The second-order valence-corrected chi connectivity index (χ2v) is 4.14. The summed E-state index contributed by atoms with van der Waals surface area (Å²) >= 11 is 0. The van der Waals surface area contributed by atoms with Crippen molar-refractivity contribution in [2.75, 3.05) is 0 Å². The highest BCUT2D eigenvalue weighted by molar-refractivity contribution is 5.88. The summed E-state index contributed by atoms with van der Waals surface area (Å²) in [5.41, 5.74) is 4.35. The van der Waals surface area contributed by atoms with Crippen molar-refractivity contribution in [1.82, 2.24) is 4.98 Å². The van der Waals surface area contributed by atoms with Crippen LogP contribution in [0.4, 0.5) is 0 Å². The molecule has 1 heterocycles. The van der Waals surface area contributed by atoms with Gasteiger partial charge in [0.2, 0.25) is 0 Å². The number of hydrogen-bond acceptors (Lipinski definition) is 2. The van der Waals surface area contributed by atoms with Crippen LogP contribution in [0.5, 0.6) is 0 Å². The van der Waals surface area contributed by atoms with Crippen LogP contribution in [0.2, 0.25) is 0 Å². The Labute approximate surface area is 99.8 Å². The van der Waals surface area contributed by atoms with E-state index in [1.54, 1.807) is 12.3 Å². The number of pyridine rings is 1. The fraction of sp³-hybridized carbons (Fsp3) is 0.143. The molecule has 0 amide bonds. The predicted octanol–water partition coefficient (Wildman–Crippen LogP) is 3.06. The number of carboxylic acid groups (broad SMARTS) is 1. The molecule has 1 N–H and O–H groups in total. The molecule has 0 unspecified atom stereocenters. The van der Waals surface area contributed by atoms with Gasteiger partial charge in [-0.25, -0.2) is 4.79 Å². The van der Waals surface area contributed by atoms with Gasteiger partial charge in [-0.3, -0.25) is 4.98 Å². The highest BCUT2D eigenvalue weighted by atomic mass is 16.4. The molecule has 0 aliphatic carbocycles. The van der Waals surface area contributed by atoms with Crippen molar-refractivity contribution in [2.45, 2.75) is 13.8 Å². The second-order valence-electron chi connectivity index (χ2n) is 4.14. The van der Waals surface area contributed by atoms with Crippen molar-refractivity contribution in [3.63, 3.8) is 0 Å². The Morgan fingerprint density at radius 1 is 1.00 bits per heavy atom. The maximum atomic E-state index is 10.9. The van der Waals surface area contributed by atoms with Crippen LogP contribution in [-0.4, -0.2) is 16.1 Å². The van der Waals surface area contributed by atoms with Crippen molar-refractivity contribution in [2.24, 2.45) is 0 Å². The molecule has 0 saturated heterocycles. The van der Waals surface area contributed by atoms with E-state index < -0.39 is 5.97 Å². The number of carboxylic acids is 1. The summed E-state index contributed by atoms with van der Waals surface area (Å²) < 4.78 is 0. The number of nitrogens with zero attached hydrogens (tertiary/aromatic N) is 1. The number of aromatic carboxylic acids is 1. The molecule has 0 aliphatic heterocycles. The number of carbonyl (C=O) groups is 1. The smallest absolute Gasteiger partial charge is 0.337 e. The van der Waals surface area contributed by atoms with Gasteiger partial charge in [0.05, 0.1) is 5.56 Å². The van der Waals surface area contributed by atoms with Gasteiger partial charge in [-0.1, -0.05) is 29.3 Å². The number of hydrogen-bond donors (Lipinski definition) is 1. The molecule has 0 spiro atoms. The average molecular weight is 227 g/mol. The van der Waals surface area contributed by atoms with E-state index >= 15 is 0 Å². The highest BCUT2D eigenvalue weighted by Gasteiger charge is 2.06. The molecule has 1 aromatic heterocycles. The largest absolute Gasteiger partial charge is 0.478 e. The third kappa shape index (κ3) is 2.50. The van der Waals surface area contributed by atoms with Gasteiger partial charge < -0.3 is 5.11 Å². The van der Waals surface area contributed by atoms with E-state index in [0.717, 1.165) is 22.3 Å². The summed E-state index contributed by atoms with van der Waals surface area (Å²) in [5, 5.41) is 8.93. The Morgan fingerprint density at radius 2 is 1.65 bits per heavy atom. The molecular weight excluding hydrogens is 214 g/mol. The van der Waals surface area contributed by atoms with E-state index in [2.05, 4.69) is 11.1 Å². The van der Waals surface area contributed by atoms with Gasteiger partial charge in [0.1, 0.15) is 0 Å². The Hall–Kier alpha value is -2.16. The number of aromatic nitrogens is 1. The average Bonchev–Trinajstić information content (AvgIpc) is 2.28. The summed E-state index contributed by atoms with van der Waals surface area (Å²) in [4.78, 5) is 14.8. The first-order valence-corrected chi connectivity index (χ1v) is 5.33. The first-order valence-electron chi connectivity index (χ1n) is 5.33. The van der Waals surface area contributed by atoms with Gasteiger partial charge >= 0.3 is 5.97 Å². The van der Waals surface area contributed by atoms with E-state index in [-0.39, 0.29) is 5.56 Å². The quantitative estimate of drug-likeness (QED) is 0.857. The van der Waals surface area contributed by atoms with Crippen molar-refractivity contribution in [3.8, 4) is 11.1 Å². The van der Waals surface area contributed by atoms with Crippen LogP contribution in [-0.2, 0) is 0 Å². The third-order valence-corrected chi connectivity index (χ3v) is 2.54. The van der Waals surface area contributed by atoms with Gasteiger partial charge in [0.25, 0.3) is 0 Å². The van der Waals surface area contributed by atoms with Crippen LogP contribution in [0.15, 0.2) is 36.7 Å². The molecule has 2 aromatic rings. The summed E-state index contributed by atoms with van der Waals surface area (Å²) in [6, 6.07) is 7.77. The van der Waals surface area contributed by atoms with Gasteiger partial charge in [-0.05, 0) is 25.5 Å². The van der Waals surface area contributed by atoms with Gasteiger partial charge in [0, 0.05) is 18.0 Å². The van der Waals surface area contributed by atoms with Crippen LogP contribution in [0.1, 0.15) is 21.5 Å². The minimum absolute atomic E-state index is 0.210. The lowest BCUT2D eigenvalue weighted by Crippen LogP contribution is -1.97. The topological polar surface area (TPSA) is 50.2 Å². The van der Waals surface area contributed by atoms with Crippen molar-refractivity contribution < 1.29 is 9.90 Å². The van der Waals surface area contributed by atoms with Crippen molar-refractivity contribution in [3.05, 3.63) is 53.3 Å². The number of aryl methyl sites for hydroxylation is 2. The zero-order valence-electron chi connectivity index (χ0n) is 9.77. The lowest BCUT2D eigenvalue weighted by Gasteiger charge is -2.05. The molecule has 0 radical (unpaired) electrons. The molecule has 0 saturated carbocycles. The van der Waals surface area contributed by atoms with Crippen LogP contribution in [0, 0.1) is 13.8 Å². The summed E-state index contributed by atoms with van der Waals surface area (Å²) in [5.74, 6) is -0.955. The molecule has 3 nitrogen and oxygen atoms in total. The fourth-order valence-corrected chi connectivity index (χ4v) is 1.86. The highest BCUT2D eigenvalue weighted by Crippen LogP contribution is 2.22. The fourth-order valence-electron chi connectivity index (χ4n) is 1.86. The molecule has 0 fully saturated rings. The van der Waals surface area contributed by atoms with Crippen molar-refractivity contribution >= 4 is 5.97 Å². The predicted molar refractivity (Wildman–Crippen MR) is 66.1 cm³/mol. The standard InChI is InChI=1S/C14H13NO2/c1-9-3-10(2)5-11(4-9)12-6-13(14(16)17)8-15-7-12/h3-8H,1-2H3,(H,16,17). The van der Waals surface area contributed by atoms with Crippen LogP contribution in [0.3, 0.4) is 0 Å². The SMILES string of the molecule is Cc1cc(C)cc(-c2cncc(C(=O)O)c2)c1. The molecule has 17 heavy (non-hydrogen) atoms. The molecule has 3 heteroatoms. The minimum atomic E-state index is -0.955. The Balaban J connectivity index is 2.52. The monoisotopic (exact) mass is 227 g/mol. The van der Waals surface area contributed by atoms with E-state index in [9.17, 15) is 4.79 Å². The van der Waals surface area contributed by atoms with Crippen molar-refractivity contribution in [1.29, 1.82) is 0 Å². The van der Waals surface area contributed by atoms with E-state index in [1.807, 2.05) is 26.0 Å². The van der Waals surface area contributed by atoms with Crippen LogP contribution < -0.4 is 0 Å². The molecule has 0 atom stereocenters. The lowest BCUT2D eigenvalue weighted by molar-refractivity contribution is 0.0696. The summed E-state index contributed by atoms with van der Waals surface area (Å²) in [6.07, 6.45) is 3.04. The summed E-state index contributed by atoms with van der Waals surface area (Å²) in [7, 11) is 0. The maximum absolute atomic E-state index is 10.9. The van der Waals surface area contributed by atoms with Crippen LogP contribution >= 0.6 is 0 Å². The molecular formula is C14H13NO2. The Morgan fingerprint density at radius 3 is 2.24 bits per heavy atom. The minimum Gasteiger partial charge on any atom is -0.478 e. The Bertz CT molecular complexity index is 556. The van der Waals surface area contributed by atoms with E-state index in [4.69, 9.17) is 5.11 Å². The molecule has 86 valence electrons. The number of rotatable bonds is 2. The summed E-state index contributed by atoms with van der Waals surface area (Å²) in [6.45, 7) is 4.04. The van der Waals surface area contributed by atoms with Crippen LogP contribution in [0.25, 0.3) is 11.1 Å². The molecule has 0 bridgehead atoms. The van der Waals surface area contributed by atoms with Gasteiger partial charge in [-0.2, -0.15) is 0 Å². The third-order valence-electron chi connectivity index (χ3n) is 2.54. The molecule has 0 aliphatic rings. The number of benzene rings is 1. The Kier molecular flexibility index (Phi) is 2.91. The molecule has 1 aromatic carbocycles. The van der Waals surface area contributed by atoms with Gasteiger partial charge in [0.15, 0.2) is 0 Å². The zero-order valence-corrected chi connectivity index (χ0v) is 9.77.